The van der Waals surface area contributed by atoms with Crippen molar-refractivity contribution in [1.29, 1.82) is 0 Å². The molecule has 0 aliphatic rings. The lowest BCUT2D eigenvalue weighted by atomic mass is 10.0. The zero-order valence-corrected chi connectivity index (χ0v) is 8.52. The number of rotatable bonds is 2. The van der Waals surface area contributed by atoms with E-state index in [-0.39, 0.29) is 24.0 Å². The normalized spacial score (nSPS) is 12.4. The number of alkyl halides is 2. The van der Waals surface area contributed by atoms with Crippen molar-refractivity contribution in [1.82, 2.24) is 0 Å². The quantitative estimate of drug-likeness (QED) is 0.756. The fourth-order valence-corrected chi connectivity index (χ4v) is 1.09. The molecule has 4 N–H and O–H groups in total. The number of benzene rings is 1. The van der Waals surface area contributed by atoms with Gasteiger partial charge >= 0.3 is 0 Å². The molecule has 0 saturated heterocycles. The molecule has 0 radical (unpaired) electrons. The SMILES string of the molecule is C[C@@H](N)c1cc(N)cc(C(F)F)c1.Cl. The van der Waals surface area contributed by atoms with Crippen LogP contribution in [0.4, 0.5) is 14.5 Å². The standard InChI is InChI=1S/C9H12F2N2.ClH/c1-5(12)6-2-7(9(10)11)4-8(13)3-6;/h2-5,9H,12-13H2,1H3;1H/t5-;/m1./s1. The highest BCUT2D eigenvalue weighted by Crippen LogP contribution is 2.24. The van der Waals surface area contributed by atoms with Crippen LogP contribution in [0.1, 0.15) is 30.5 Å². The molecule has 0 bridgehead atoms. The minimum atomic E-state index is -2.50. The molecular weight excluding hydrogens is 210 g/mol. The van der Waals surface area contributed by atoms with Gasteiger partial charge in [0, 0.05) is 17.3 Å². The van der Waals surface area contributed by atoms with E-state index < -0.39 is 6.43 Å². The van der Waals surface area contributed by atoms with Gasteiger partial charge in [0.05, 0.1) is 0 Å². The second-order valence-corrected chi connectivity index (χ2v) is 3.02. The molecule has 0 spiro atoms. The lowest BCUT2D eigenvalue weighted by Gasteiger charge is -2.09. The van der Waals surface area contributed by atoms with Gasteiger partial charge in [-0.15, -0.1) is 12.4 Å². The maximum absolute atomic E-state index is 12.3. The summed E-state index contributed by atoms with van der Waals surface area (Å²) in [6, 6.07) is 3.97. The molecule has 14 heavy (non-hydrogen) atoms. The molecule has 1 rings (SSSR count). The van der Waals surface area contributed by atoms with Crippen LogP contribution in [-0.2, 0) is 0 Å². The zero-order valence-electron chi connectivity index (χ0n) is 7.71. The number of hydrogen-bond acceptors (Lipinski definition) is 2. The summed E-state index contributed by atoms with van der Waals surface area (Å²) in [5, 5.41) is 0. The first-order valence-corrected chi connectivity index (χ1v) is 3.95. The molecule has 80 valence electrons. The molecule has 1 atom stereocenters. The summed E-state index contributed by atoms with van der Waals surface area (Å²) >= 11 is 0. The molecule has 1 aromatic carbocycles. The monoisotopic (exact) mass is 222 g/mol. The summed E-state index contributed by atoms with van der Waals surface area (Å²) in [6.45, 7) is 1.73. The van der Waals surface area contributed by atoms with Crippen LogP contribution in [0, 0.1) is 0 Å². The third-order valence-corrected chi connectivity index (χ3v) is 1.78. The van der Waals surface area contributed by atoms with Crippen LogP contribution >= 0.6 is 12.4 Å². The summed E-state index contributed by atoms with van der Waals surface area (Å²) in [6.07, 6.45) is -2.50. The average Bonchev–Trinajstić information content (AvgIpc) is 2.03. The Morgan fingerprint density at radius 2 is 1.64 bits per heavy atom. The van der Waals surface area contributed by atoms with Crippen molar-refractivity contribution in [2.45, 2.75) is 19.4 Å². The van der Waals surface area contributed by atoms with E-state index in [2.05, 4.69) is 0 Å². The third kappa shape index (κ3) is 3.12. The first-order chi connectivity index (χ1) is 6.00. The number of nitrogens with two attached hydrogens (primary N) is 2. The van der Waals surface area contributed by atoms with E-state index >= 15 is 0 Å². The molecule has 0 fully saturated rings. The van der Waals surface area contributed by atoms with Crippen molar-refractivity contribution >= 4 is 18.1 Å². The molecular formula is C9H13ClF2N2. The highest BCUT2D eigenvalue weighted by atomic mass is 35.5. The van der Waals surface area contributed by atoms with Crippen molar-refractivity contribution in [3.63, 3.8) is 0 Å². The highest BCUT2D eigenvalue weighted by molar-refractivity contribution is 5.85. The van der Waals surface area contributed by atoms with Gasteiger partial charge in [0.1, 0.15) is 0 Å². The van der Waals surface area contributed by atoms with E-state index in [4.69, 9.17) is 11.5 Å². The van der Waals surface area contributed by atoms with Crippen molar-refractivity contribution in [2.75, 3.05) is 5.73 Å². The van der Waals surface area contributed by atoms with Crippen LogP contribution in [0.5, 0.6) is 0 Å². The minimum absolute atomic E-state index is 0. The Hall–Kier alpha value is -0.870. The van der Waals surface area contributed by atoms with Crippen LogP contribution in [0.3, 0.4) is 0 Å². The van der Waals surface area contributed by atoms with Gasteiger partial charge in [0.2, 0.25) is 0 Å². The van der Waals surface area contributed by atoms with Crippen LogP contribution in [0.25, 0.3) is 0 Å². The minimum Gasteiger partial charge on any atom is -0.399 e. The summed E-state index contributed by atoms with van der Waals surface area (Å²) in [5.74, 6) is 0. The molecule has 0 saturated carbocycles. The molecule has 0 heterocycles. The summed E-state index contributed by atoms with van der Waals surface area (Å²) < 4.78 is 24.6. The van der Waals surface area contributed by atoms with Crippen molar-refractivity contribution in [2.24, 2.45) is 5.73 Å². The maximum atomic E-state index is 12.3. The van der Waals surface area contributed by atoms with Crippen molar-refractivity contribution in [3.05, 3.63) is 29.3 Å². The largest absolute Gasteiger partial charge is 0.399 e. The van der Waals surface area contributed by atoms with Crippen LogP contribution in [0.2, 0.25) is 0 Å². The second-order valence-electron chi connectivity index (χ2n) is 3.02. The zero-order chi connectivity index (χ0) is 10.0. The van der Waals surface area contributed by atoms with E-state index in [0.717, 1.165) is 0 Å². The number of nitrogen functional groups attached to an aromatic ring is 1. The Morgan fingerprint density at radius 3 is 2.07 bits per heavy atom. The number of anilines is 1. The molecule has 5 heteroatoms. The molecule has 1 aromatic rings. The summed E-state index contributed by atoms with van der Waals surface area (Å²) in [5.41, 5.74) is 11.9. The first kappa shape index (κ1) is 13.1. The van der Waals surface area contributed by atoms with E-state index in [1.807, 2.05) is 0 Å². The van der Waals surface area contributed by atoms with Gasteiger partial charge in [0.15, 0.2) is 0 Å². The predicted octanol–water partition coefficient (Wildman–Crippen LogP) is 2.65. The van der Waals surface area contributed by atoms with Gasteiger partial charge in [0.25, 0.3) is 6.43 Å². The number of hydrogen-bond donors (Lipinski definition) is 2. The van der Waals surface area contributed by atoms with Gasteiger partial charge in [-0.05, 0) is 30.7 Å². The smallest absolute Gasteiger partial charge is 0.263 e. The fraction of sp³-hybridized carbons (Fsp3) is 0.333. The van der Waals surface area contributed by atoms with Gasteiger partial charge in [-0.2, -0.15) is 0 Å². The molecule has 0 unspecified atom stereocenters. The van der Waals surface area contributed by atoms with E-state index in [1.165, 1.54) is 12.1 Å². The Morgan fingerprint density at radius 1 is 1.14 bits per heavy atom. The molecule has 0 aliphatic heterocycles. The van der Waals surface area contributed by atoms with Crippen LogP contribution in [-0.4, -0.2) is 0 Å². The Kier molecular flexibility index (Phi) is 4.80. The van der Waals surface area contributed by atoms with E-state index in [0.29, 0.717) is 11.3 Å². The van der Waals surface area contributed by atoms with E-state index in [1.54, 1.807) is 13.0 Å². The fourth-order valence-electron chi connectivity index (χ4n) is 1.09. The Balaban J connectivity index is 0.00000169. The second kappa shape index (κ2) is 5.12. The topological polar surface area (TPSA) is 52.0 Å². The van der Waals surface area contributed by atoms with Crippen LogP contribution in [0.15, 0.2) is 18.2 Å². The van der Waals surface area contributed by atoms with Gasteiger partial charge < -0.3 is 11.5 Å². The first-order valence-electron chi connectivity index (χ1n) is 3.95. The maximum Gasteiger partial charge on any atom is 0.263 e. The van der Waals surface area contributed by atoms with Gasteiger partial charge in [-0.25, -0.2) is 8.78 Å². The Bertz CT molecular complexity index is 277. The average molecular weight is 223 g/mol. The van der Waals surface area contributed by atoms with Crippen molar-refractivity contribution < 1.29 is 8.78 Å². The molecule has 0 amide bonds. The van der Waals surface area contributed by atoms with Crippen molar-refractivity contribution in [3.8, 4) is 0 Å². The predicted molar refractivity (Wildman–Crippen MR) is 55.7 cm³/mol. The lowest BCUT2D eigenvalue weighted by Crippen LogP contribution is -2.06. The molecule has 2 nitrogen and oxygen atoms in total. The van der Waals surface area contributed by atoms with Gasteiger partial charge in [-0.1, -0.05) is 0 Å². The van der Waals surface area contributed by atoms with Gasteiger partial charge in [-0.3, -0.25) is 0 Å². The highest BCUT2D eigenvalue weighted by Gasteiger charge is 2.10. The number of halogens is 3. The summed E-state index contributed by atoms with van der Waals surface area (Å²) in [7, 11) is 0. The lowest BCUT2D eigenvalue weighted by molar-refractivity contribution is 0.151. The Labute approximate surface area is 87.7 Å². The third-order valence-electron chi connectivity index (χ3n) is 1.78. The van der Waals surface area contributed by atoms with Crippen LogP contribution < -0.4 is 11.5 Å². The van der Waals surface area contributed by atoms with E-state index in [9.17, 15) is 8.78 Å². The summed E-state index contributed by atoms with van der Waals surface area (Å²) in [4.78, 5) is 0. The molecule has 0 aliphatic carbocycles. The molecule has 0 aromatic heterocycles.